The van der Waals surface area contributed by atoms with Gasteiger partial charge >= 0.3 is 6.18 Å². The van der Waals surface area contributed by atoms with Crippen LogP contribution in [0.1, 0.15) is 18.4 Å². The second kappa shape index (κ2) is 7.78. The van der Waals surface area contributed by atoms with Gasteiger partial charge in [-0.05, 0) is 50.0 Å². The first kappa shape index (κ1) is 20.1. The van der Waals surface area contributed by atoms with E-state index in [0.29, 0.717) is 30.5 Å². The van der Waals surface area contributed by atoms with E-state index in [9.17, 15) is 26.0 Å². The normalized spacial score (nSPS) is 18.7. The van der Waals surface area contributed by atoms with E-state index in [4.69, 9.17) is 0 Å². The van der Waals surface area contributed by atoms with Crippen molar-refractivity contribution in [3.8, 4) is 0 Å². The molecule has 1 unspecified atom stereocenters. The van der Waals surface area contributed by atoms with Gasteiger partial charge in [0.1, 0.15) is 10.7 Å². The Hall–Kier alpha value is -0.900. The predicted octanol–water partition coefficient (Wildman–Crippen LogP) is 2.54. The molecule has 10 heteroatoms. The highest BCUT2D eigenvalue weighted by Crippen LogP contribution is 2.31. The first-order chi connectivity index (χ1) is 10.2. The number of benzene rings is 1. The molecule has 1 fully saturated rings. The molecule has 0 aliphatic carbocycles. The van der Waals surface area contributed by atoms with E-state index >= 15 is 0 Å². The highest BCUT2D eigenvalue weighted by atomic mass is 35.5. The van der Waals surface area contributed by atoms with Crippen molar-refractivity contribution >= 4 is 22.4 Å². The van der Waals surface area contributed by atoms with Crippen LogP contribution in [-0.4, -0.2) is 28.1 Å². The van der Waals surface area contributed by atoms with Crippen LogP contribution in [0.2, 0.25) is 0 Å². The number of alkyl halides is 3. The molecule has 1 atom stereocenters. The van der Waals surface area contributed by atoms with Crippen LogP contribution >= 0.6 is 12.4 Å². The molecule has 132 valence electrons. The lowest BCUT2D eigenvalue weighted by Gasteiger charge is -2.12. The summed E-state index contributed by atoms with van der Waals surface area (Å²) in [4.78, 5) is -0.980. The Kier molecular flexibility index (Phi) is 6.81. The fourth-order valence-corrected chi connectivity index (χ4v) is 3.47. The van der Waals surface area contributed by atoms with Crippen molar-refractivity contribution in [2.75, 3.05) is 19.6 Å². The highest BCUT2D eigenvalue weighted by molar-refractivity contribution is 7.89. The molecular formula is C13H17ClF4N2O2S. The van der Waals surface area contributed by atoms with Crippen LogP contribution in [0.4, 0.5) is 17.6 Å². The number of sulfonamides is 1. The van der Waals surface area contributed by atoms with E-state index in [-0.39, 0.29) is 19.0 Å². The van der Waals surface area contributed by atoms with E-state index in [1.807, 2.05) is 0 Å². The van der Waals surface area contributed by atoms with Crippen molar-refractivity contribution in [3.63, 3.8) is 0 Å². The molecule has 23 heavy (non-hydrogen) atoms. The summed E-state index contributed by atoms with van der Waals surface area (Å²) in [6, 6.07) is 1.34. The molecule has 2 rings (SSSR count). The van der Waals surface area contributed by atoms with E-state index < -0.39 is 32.5 Å². The third kappa shape index (κ3) is 5.30. The summed E-state index contributed by atoms with van der Waals surface area (Å²) in [6.45, 7) is 1.70. The molecule has 0 radical (unpaired) electrons. The number of rotatable bonds is 5. The first-order valence-electron chi connectivity index (χ1n) is 6.77. The Morgan fingerprint density at radius 2 is 2.00 bits per heavy atom. The minimum atomic E-state index is -4.73. The topological polar surface area (TPSA) is 58.2 Å². The van der Waals surface area contributed by atoms with Crippen LogP contribution in [0, 0.1) is 11.7 Å². The summed E-state index contributed by atoms with van der Waals surface area (Å²) in [6.07, 6.45) is -3.26. The molecule has 0 bridgehead atoms. The molecule has 1 aromatic carbocycles. The third-order valence-corrected chi connectivity index (χ3v) is 5.03. The van der Waals surface area contributed by atoms with Crippen molar-refractivity contribution in [3.05, 3.63) is 29.6 Å². The standard InChI is InChI=1S/C13H16F4N2O2S.ClH/c14-11-2-1-10(13(15,16)17)7-12(11)22(20,21)19-6-4-9-3-5-18-8-9;/h1-2,7,9,18-19H,3-6,8H2;1H. The van der Waals surface area contributed by atoms with Crippen molar-refractivity contribution < 1.29 is 26.0 Å². The van der Waals surface area contributed by atoms with Crippen LogP contribution in [0.5, 0.6) is 0 Å². The SMILES string of the molecule is Cl.O=S(=O)(NCCC1CCNC1)c1cc(C(F)(F)F)ccc1F. The Morgan fingerprint density at radius 1 is 1.30 bits per heavy atom. The van der Waals surface area contributed by atoms with Gasteiger partial charge in [0, 0.05) is 6.54 Å². The number of halogens is 5. The fraction of sp³-hybridized carbons (Fsp3) is 0.538. The molecule has 1 aliphatic heterocycles. The molecular weight excluding hydrogens is 360 g/mol. The zero-order valence-electron chi connectivity index (χ0n) is 12.0. The van der Waals surface area contributed by atoms with Gasteiger partial charge in [-0.2, -0.15) is 13.2 Å². The molecule has 0 amide bonds. The average Bonchev–Trinajstić information content (AvgIpc) is 2.90. The van der Waals surface area contributed by atoms with E-state index in [0.717, 1.165) is 19.5 Å². The van der Waals surface area contributed by atoms with Crippen LogP contribution in [0.15, 0.2) is 23.1 Å². The monoisotopic (exact) mass is 376 g/mol. The van der Waals surface area contributed by atoms with Crippen LogP contribution in [-0.2, 0) is 16.2 Å². The summed E-state index contributed by atoms with van der Waals surface area (Å²) in [5, 5.41) is 3.12. The largest absolute Gasteiger partial charge is 0.416 e. The number of hydrogen-bond donors (Lipinski definition) is 2. The molecule has 0 aromatic heterocycles. The van der Waals surface area contributed by atoms with Crippen molar-refractivity contribution in [1.29, 1.82) is 0 Å². The Labute approximate surface area is 138 Å². The second-order valence-corrected chi connectivity index (χ2v) is 6.92. The van der Waals surface area contributed by atoms with Crippen LogP contribution < -0.4 is 10.0 Å². The van der Waals surface area contributed by atoms with Crippen molar-refractivity contribution in [2.24, 2.45) is 5.92 Å². The maximum atomic E-state index is 13.6. The van der Waals surface area contributed by atoms with Gasteiger partial charge in [-0.3, -0.25) is 0 Å². The van der Waals surface area contributed by atoms with E-state index in [1.54, 1.807) is 0 Å². The molecule has 1 heterocycles. The molecule has 1 aromatic rings. The zero-order valence-corrected chi connectivity index (χ0v) is 13.6. The summed E-state index contributed by atoms with van der Waals surface area (Å²) < 4.78 is 77.5. The average molecular weight is 377 g/mol. The first-order valence-corrected chi connectivity index (χ1v) is 8.25. The molecule has 2 N–H and O–H groups in total. The number of hydrogen-bond acceptors (Lipinski definition) is 3. The third-order valence-electron chi connectivity index (χ3n) is 3.56. The molecule has 1 aliphatic rings. The molecule has 1 saturated heterocycles. The zero-order chi connectivity index (χ0) is 16.4. The Bertz CT molecular complexity index is 631. The Balaban J connectivity index is 0.00000264. The summed E-state index contributed by atoms with van der Waals surface area (Å²) >= 11 is 0. The van der Waals surface area contributed by atoms with Gasteiger partial charge in [0.25, 0.3) is 0 Å². The van der Waals surface area contributed by atoms with Gasteiger partial charge in [0.2, 0.25) is 10.0 Å². The highest BCUT2D eigenvalue weighted by Gasteiger charge is 2.33. The van der Waals surface area contributed by atoms with Crippen molar-refractivity contribution in [1.82, 2.24) is 10.0 Å². The van der Waals surface area contributed by atoms with Gasteiger partial charge in [0.15, 0.2) is 0 Å². The van der Waals surface area contributed by atoms with Gasteiger partial charge in [0.05, 0.1) is 5.56 Å². The lowest BCUT2D eigenvalue weighted by Crippen LogP contribution is -2.27. The summed E-state index contributed by atoms with van der Waals surface area (Å²) in [5.74, 6) is -0.892. The Morgan fingerprint density at radius 3 is 2.57 bits per heavy atom. The lowest BCUT2D eigenvalue weighted by atomic mass is 10.1. The maximum absolute atomic E-state index is 13.6. The van der Waals surface area contributed by atoms with Crippen LogP contribution in [0.3, 0.4) is 0 Å². The minimum Gasteiger partial charge on any atom is -0.316 e. The number of nitrogens with one attached hydrogen (secondary N) is 2. The minimum absolute atomic E-state index is 0. The van der Waals surface area contributed by atoms with Crippen molar-refractivity contribution in [2.45, 2.75) is 23.9 Å². The molecule has 4 nitrogen and oxygen atoms in total. The summed E-state index contributed by atoms with van der Waals surface area (Å²) in [5.41, 5.74) is -1.20. The van der Waals surface area contributed by atoms with Gasteiger partial charge in [-0.25, -0.2) is 17.5 Å². The lowest BCUT2D eigenvalue weighted by molar-refractivity contribution is -0.137. The smallest absolute Gasteiger partial charge is 0.316 e. The van der Waals surface area contributed by atoms with Gasteiger partial charge in [-0.15, -0.1) is 12.4 Å². The van der Waals surface area contributed by atoms with Gasteiger partial charge < -0.3 is 5.32 Å². The second-order valence-electron chi connectivity index (χ2n) is 5.19. The van der Waals surface area contributed by atoms with E-state index in [2.05, 4.69) is 10.0 Å². The quantitative estimate of drug-likeness (QED) is 0.776. The molecule has 0 saturated carbocycles. The maximum Gasteiger partial charge on any atom is 0.416 e. The van der Waals surface area contributed by atoms with E-state index in [1.165, 1.54) is 0 Å². The fourth-order valence-electron chi connectivity index (χ4n) is 2.32. The molecule has 0 spiro atoms. The van der Waals surface area contributed by atoms with Crippen LogP contribution in [0.25, 0.3) is 0 Å². The predicted molar refractivity (Wildman–Crippen MR) is 79.4 cm³/mol. The summed E-state index contributed by atoms with van der Waals surface area (Å²) in [7, 11) is -4.31. The van der Waals surface area contributed by atoms with Gasteiger partial charge in [-0.1, -0.05) is 0 Å².